The number of rotatable bonds is 5. The van der Waals surface area contributed by atoms with Gasteiger partial charge in [-0.2, -0.15) is 4.31 Å². The number of hydrogen-bond donors (Lipinski definition) is 1. The molecule has 38 heavy (non-hydrogen) atoms. The quantitative estimate of drug-likeness (QED) is 0.393. The van der Waals surface area contributed by atoms with Crippen molar-refractivity contribution in [2.45, 2.75) is 11.8 Å². The Balaban J connectivity index is 1.47. The molecule has 2 fully saturated rings. The Labute approximate surface area is 224 Å². The number of aromatic nitrogens is 4. The summed E-state index contributed by atoms with van der Waals surface area (Å²) in [5.41, 5.74) is 8.95. The van der Waals surface area contributed by atoms with Gasteiger partial charge in [-0.15, -0.1) is 11.3 Å². The summed E-state index contributed by atoms with van der Waals surface area (Å²) in [6.45, 7) is 6.17. The van der Waals surface area contributed by atoms with Gasteiger partial charge >= 0.3 is 0 Å². The molecule has 0 bridgehead atoms. The number of aryl methyl sites for hydroxylation is 1. The van der Waals surface area contributed by atoms with Crippen molar-refractivity contribution in [2.24, 2.45) is 0 Å². The molecule has 0 atom stereocenters. The lowest BCUT2D eigenvalue weighted by molar-refractivity contribution is 0.0730. The number of anilines is 2. The van der Waals surface area contributed by atoms with E-state index in [1.54, 1.807) is 41.9 Å². The predicted octanol–water partition coefficient (Wildman–Crippen LogP) is 2.56. The molecule has 11 nitrogen and oxygen atoms in total. The van der Waals surface area contributed by atoms with E-state index in [9.17, 15) is 8.42 Å². The van der Waals surface area contributed by atoms with Crippen LogP contribution in [0.3, 0.4) is 0 Å². The molecule has 2 saturated heterocycles. The van der Waals surface area contributed by atoms with Crippen LogP contribution in [0.4, 0.5) is 11.8 Å². The first kappa shape index (κ1) is 25.1. The van der Waals surface area contributed by atoms with Gasteiger partial charge in [0.05, 0.1) is 47.1 Å². The average molecular weight is 554 g/mol. The summed E-state index contributed by atoms with van der Waals surface area (Å²) < 4.78 is 40.0. The second-order valence-electron chi connectivity index (χ2n) is 9.08. The average Bonchev–Trinajstić information content (AvgIpc) is 3.30. The van der Waals surface area contributed by atoms with Crippen molar-refractivity contribution in [3.05, 3.63) is 42.2 Å². The van der Waals surface area contributed by atoms with Gasteiger partial charge in [-0.1, -0.05) is 12.1 Å². The standard InChI is InChI=1S/C25H27N7O4S2/c1-16-20-22(24(31-5-9-35-10-6-31)30-23(29-20)18-14-27-25(26)28-15-18)37-21(16)17-3-2-4-19(13-17)38(33,34)32-7-11-36-12-8-32/h2-4,13-15H,5-12H2,1H3,(H2,26,27,28). The third-order valence-corrected chi connectivity index (χ3v) is 9.91. The van der Waals surface area contributed by atoms with Gasteiger partial charge in [-0.25, -0.2) is 28.4 Å². The van der Waals surface area contributed by atoms with Crippen molar-refractivity contribution in [3.8, 4) is 21.8 Å². The van der Waals surface area contributed by atoms with E-state index in [1.807, 2.05) is 13.0 Å². The Kier molecular flexibility index (Phi) is 6.70. The molecule has 0 amide bonds. The molecule has 2 aliphatic rings. The zero-order chi connectivity index (χ0) is 26.3. The summed E-state index contributed by atoms with van der Waals surface area (Å²) in [6.07, 6.45) is 3.24. The van der Waals surface area contributed by atoms with Crippen LogP contribution < -0.4 is 10.6 Å². The van der Waals surface area contributed by atoms with Gasteiger partial charge in [0, 0.05) is 43.4 Å². The summed E-state index contributed by atoms with van der Waals surface area (Å²) in [6, 6.07) is 7.12. The maximum atomic E-state index is 13.3. The Bertz CT molecular complexity index is 1580. The molecular formula is C25H27N7O4S2. The number of morpholine rings is 2. The molecule has 3 aromatic heterocycles. The van der Waals surface area contributed by atoms with E-state index in [2.05, 4.69) is 14.9 Å². The van der Waals surface area contributed by atoms with Crippen molar-refractivity contribution < 1.29 is 17.9 Å². The van der Waals surface area contributed by atoms with E-state index in [0.29, 0.717) is 64.0 Å². The van der Waals surface area contributed by atoms with Gasteiger partial charge in [0.2, 0.25) is 16.0 Å². The van der Waals surface area contributed by atoms with Gasteiger partial charge in [-0.3, -0.25) is 0 Å². The molecule has 6 rings (SSSR count). The molecule has 1 aromatic carbocycles. The summed E-state index contributed by atoms with van der Waals surface area (Å²) in [4.78, 5) is 21.5. The zero-order valence-electron chi connectivity index (χ0n) is 20.8. The summed E-state index contributed by atoms with van der Waals surface area (Å²) >= 11 is 1.57. The van der Waals surface area contributed by atoms with Gasteiger partial charge in [0.25, 0.3) is 0 Å². The number of nitrogens with two attached hydrogens (primary N) is 1. The Morgan fingerprint density at radius 3 is 2.34 bits per heavy atom. The van der Waals surface area contributed by atoms with Crippen LogP contribution in [0.25, 0.3) is 32.0 Å². The fourth-order valence-electron chi connectivity index (χ4n) is 4.65. The van der Waals surface area contributed by atoms with E-state index in [1.165, 1.54) is 4.31 Å². The predicted molar refractivity (Wildman–Crippen MR) is 146 cm³/mol. The van der Waals surface area contributed by atoms with Gasteiger partial charge in [0.15, 0.2) is 11.6 Å². The van der Waals surface area contributed by atoms with Crippen LogP contribution in [0.1, 0.15) is 5.56 Å². The fraction of sp³-hybridized carbons (Fsp3) is 0.360. The van der Waals surface area contributed by atoms with E-state index >= 15 is 0 Å². The third kappa shape index (κ3) is 4.60. The first-order valence-electron chi connectivity index (χ1n) is 12.3. The highest BCUT2D eigenvalue weighted by molar-refractivity contribution is 7.89. The number of nitrogen functional groups attached to an aromatic ring is 1. The maximum Gasteiger partial charge on any atom is 0.243 e. The van der Waals surface area contributed by atoms with Crippen LogP contribution in [-0.2, 0) is 19.5 Å². The molecule has 0 unspecified atom stereocenters. The Hall–Kier alpha value is -3.23. The minimum absolute atomic E-state index is 0.184. The van der Waals surface area contributed by atoms with Crippen LogP contribution in [-0.4, -0.2) is 85.3 Å². The topological polar surface area (TPSA) is 137 Å². The molecule has 198 valence electrons. The van der Waals surface area contributed by atoms with Crippen molar-refractivity contribution in [2.75, 3.05) is 63.2 Å². The smallest absolute Gasteiger partial charge is 0.243 e. The number of fused-ring (bicyclic) bond motifs is 1. The molecule has 2 N–H and O–H groups in total. The minimum atomic E-state index is -3.62. The molecular weight excluding hydrogens is 526 g/mol. The van der Waals surface area contributed by atoms with Gasteiger partial charge in [0.1, 0.15) is 0 Å². The van der Waals surface area contributed by atoms with Crippen LogP contribution in [0.5, 0.6) is 0 Å². The van der Waals surface area contributed by atoms with Crippen molar-refractivity contribution in [3.63, 3.8) is 0 Å². The largest absolute Gasteiger partial charge is 0.379 e. The molecule has 2 aliphatic heterocycles. The first-order chi connectivity index (χ1) is 18.4. The van der Waals surface area contributed by atoms with E-state index in [0.717, 1.165) is 32.0 Å². The molecule has 0 aliphatic carbocycles. The number of benzene rings is 1. The van der Waals surface area contributed by atoms with E-state index < -0.39 is 10.0 Å². The highest BCUT2D eigenvalue weighted by atomic mass is 32.2. The third-order valence-electron chi connectivity index (χ3n) is 6.69. The molecule has 0 saturated carbocycles. The number of hydrogen-bond acceptors (Lipinski definition) is 11. The minimum Gasteiger partial charge on any atom is -0.379 e. The Morgan fingerprint density at radius 1 is 0.947 bits per heavy atom. The van der Waals surface area contributed by atoms with Crippen molar-refractivity contribution in [1.29, 1.82) is 0 Å². The molecule has 4 aromatic rings. The summed E-state index contributed by atoms with van der Waals surface area (Å²) in [5, 5.41) is 0. The van der Waals surface area contributed by atoms with Crippen molar-refractivity contribution >= 4 is 43.3 Å². The highest BCUT2D eigenvalue weighted by Gasteiger charge is 2.28. The fourth-order valence-corrected chi connectivity index (χ4v) is 7.37. The summed E-state index contributed by atoms with van der Waals surface area (Å²) in [7, 11) is -3.62. The monoisotopic (exact) mass is 553 g/mol. The lowest BCUT2D eigenvalue weighted by Crippen LogP contribution is -2.40. The number of nitrogens with zero attached hydrogens (tertiary/aromatic N) is 6. The zero-order valence-corrected chi connectivity index (χ0v) is 22.5. The number of sulfonamides is 1. The maximum absolute atomic E-state index is 13.3. The van der Waals surface area contributed by atoms with E-state index in [-0.39, 0.29) is 10.8 Å². The van der Waals surface area contributed by atoms with Crippen LogP contribution in [0.15, 0.2) is 41.6 Å². The normalized spacial score (nSPS) is 17.2. The highest BCUT2D eigenvalue weighted by Crippen LogP contribution is 2.42. The van der Waals surface area contributed by atoms with Gasteiger partial charge < -0.3 is 20.1 Å². The first-order valence-corrected chi connectivity index (χ1v) is 14.6. The summed E-state index contributed by atoms with van der Waals surface area (Å²) in [5.74, 6) is 1.51. The Morgan fingerprint density at radius 2 is 1.63 bits per heavy atom. The second-order valence-corrected chi connectivity index (χ2v) is 12.0. The van der Waals surface area contributed by atoms with Crippen LogP contribution in [0, 0.1) is 6.92 Å². The molecule has 13 heteroatoms. The van der Waals surface area contributed by atoms with Crippen molar-refractivity contribution in [1.82, 2.24) is 24.2 Å². The molecule has 0 spiro atoms. The van der Waals surface area contributed by atoms with Gasteiger partial charge in [-0.05, 0) is 30.2 Å². The molecule has 0 radical (unpaired) electrons. The van der Waals surface area contributed by atoms with Crippen LogP contribution >= 0.6 is 11.3 Å². The lowest BCUT2D eigenvalue weighted by Gasteiger charge is -2.28. The van der Waals surface area contributed by atoms with E-state index in [4.69, 9.17) is 25.2 Å². The van der Waals surface area contributed by atoms with Crippen LogP contribution in [0.2, 0.25) is 0 Å². The number of ether oxygens (including phenoxy) is 2. The lowest BCUT2D eigenvalue weighted by atomic mass is 10.1. The second kappa shape index (κ2) is 10.2. The molecule has 5 heterocycles. The SMILES string of the molecule is Cc1c(-c2cccc(S(=O)(=O)N3CCOCC3)c2)sc2c(N3CCOCC3)nc(-c3cnc(N)nc3)nc12. The number of thiophene rings is 1.